The molecule has 1 fully saturated rings. The Morgan fingerprint density at radius 2 is 2.40 bits per heavy atom. The summed E-state index contributed by atoms with van der Waals surface area (Å²) in [6.45, 7) is 0. The summed E-state index contributed by atoms with van der Waals surface area (Å²) >= 11 is 1.66. The number of nitrogens with zero attached hydrogens (tertiary/aromatic N) is 1. The smallest absolute Gasteiger partial charge is 0.149 e. The van der Waals surface area contributed by atoms with Crippen LogP contribution in [-0.4, -0.2) is 19.0 Å². The van der Waals surface area contributed by atoms with E-state index in [0.29, 0.717) is 12.2 Å². The molecule has 80 valence electrons. The molecule has 1 aliphatic rings. The summed E-state index contributed by atoms with van der Waals surface area (Å²) in [4.78, 5) is 17.4. The van der Waals surface area contributed by atoms with Crippen molar-refractivity contribution in [1.82, 2.24) is 0 Å². The Kier molecular flexibility index (Phi) is 3.00. The summed E-state index contributed by atoms with van der Waals surface area (Å²) in [6, 6.07) is 4.06. The molecule has 0 aromatic carbocycles. The van der Waals surface area contributed by atoms with Gasteiger partial charge < -0.3 is 0 Å². The number of hydrogen-bond donors (Lipinski definition) is 0. The van der Waals surface area contributed by atoms with Crippen molar-refractivity contribution in [2.45, 2.75) is 31.1 Å². The summed E-state index contributed by atoms with van der Waals surface area (Å²) in [5, 5.41) is 2.03. The third kappa shape index (κ3) is 1.76. The van der Waals surface area contributed by atoms with Crippen LogP contribution in [0.5, 0.6) is 0 Å². The molecule has 0 amide bonds. The SMILES string of the molecule is CN=C[C@]1(c2cccs2)CCCCC1=O. The van der Waals surface area contributed by atoms with Crippen molar-refractivity contribution < 1.29 is 4.79 Å². The van der Waals surface area contributed by atoms with E-state index >= 15 is 0 Å². The minimum absolute atomic E-state index is 0.335. The number of Topliss-reactive ketones (excluding diaryl/α,β-unsaturated/α-hetero) is 1. The zero-order valence-corrected chi connectivity index (χ0v) is 9.72. The lowest BCUT2D eigenvalue weighted by Crippen LogP contribution is -2.39. The van der Waals surface area contributed by atoms with E-state index in [4.69, 9.17) is 0 Å². The lowest BCUT2D eigenvalue weighted by atomic mass is 9.73. The van der Waals surface area contributed by atoms with Crippen LogP contribution in [0.2, 0.25) is 0 Å². The van der Waals surface area contributed by atoms with Gasteiger partial charge in [0.1, 0.15) is 5.78 Å². The summed E-state index contributed by atoms with van der Waals surface area (Å²) in [6.07, 6.45) is 5.62. The fraction of sp³-hybridized carbons (Fsp3) is 0.500. The highest BCUT2D eigenvalue weighted by atomic mass is 32.1. The molecular weight excluding hydrogens is 206 g/mol. The second-order valence-corrected chi connectivity index (χ2v) is 4.91. The third-order valence-electron chi connectivity index (χ3n) is 3.03. The highest BCUT2D eigenvalue weighted by Crippen LogP contribution is 2.37. The van der Waals surface area contributed by atoms with Crippen LogP contribution in [0, 0.1) is 0 Å². The normalized spacial score (nSPS) is 27.4. The fourth-order valence-electron chi connectivity index (χ4n) is 2.27. The molecule has 1 aromatic rings. The molecule has 0 saturated heterocycles. The van der Waals surface area contributed by atoms with E-state index < -0.39 is 5.41 Å². The van der Waals surface area contributed by atoms with E-state index in [1.807, 2.05) is 17.7 Å². The maximum atomic E-state index is 12.1. The second-order valence-electron chi connectivity index (χ2n) is 3.97. The Hall–Kier alpha value is -0.960. The predicted octanol–water partition coefficient (Wildman–Crippen LogP) is 2.83. The Labute approximate surface area is 94.0 Å². The average Bonchev–Trinajstić information content (AvgIpc) is 2.75. The van der Waals surface area contributed by atoms with Crippen LogP contribution >= 0.6 is 11.3 Å². The summed E-state index contributed by atoms with van der Waals surface area (Å²) in [7, 11) is 1.75. The van der Waals surface area contributed by atoms with Crippen molar-refractivity contribution in [3.8, 4) is 0 Å². The predicted molar refractivity (Wildman–Crippen MR) is 63.9 cm³/mol. The molecule has 0 aliphatic heterocycles. The molecule has 0 unspecified atom stereocenters. The van der Waals surface area contributed by atoms with E-state index in [-0.39, 0.29) is 0 Å². The molecule has 1 atom stereocenters. The van der Waals surface area contributed by atoms with Crippen LogP contribution in [0.3, 0.4) is 0 Å². The first kappa shape index (κ1) is 10.6. The molecule has 1 aromatic heterocycles. The van der Waals surface area contributed by atoms with Gasteiger partial charge in [-0.05, 0) is 24.3 Å². The van der Waals surface area contributed by atoms with Crippen molar-refractivity contribution in [2.24, 2.45) is 4.99 Å². The Bertz CT molecular complexity index is 369. The highest BCUT2D eigenvalue weighted by Gasteiger charge is 2.40. The Morgan fingerprint density at radius 3 is 3.00 bits per heavy atom. The molecule has 15 heavy (non-hydrogen) atoms. The number of aliphatic imine (C=N–C) groups is 1. The molecule has 1 aliphatic carbocycles. The van der Waals surface area contributed by atoms with Gasteiger partial charge in [-0.3, -0.25) is 9.79 Å². The number of rotatable bonds is 2. The first-order chi connectivity index (χ1) is 7.29. The minimum Gasteiger partial charge on any atom is -0.299 e. The number of thiophene rings is 1. The van der Waals surface area contributed by atoms with Crippen LogP contribution < -0.4 is 0 Å². The van der Waals surface area contributed by atoms with Crippen LogP contribution in [-0.2, 0) is 10.2 Å². The van der Waals surface area contributed by atoms with Crippen LogP contribution in [0.15, 0.2) is 22.5 Å². The number of ketones is 1. The van der Waals surface area contributed by atoms with Crippen molar-refractivity contribution >= 4 is 23.3 Å². The van der Waals surface area contributed by atoms with Crippen molar-refractivity contribution in [2.75, 3.05) is 7.05 Å². The maximum absolute atomic E-state index is 12.1. The molecule has 0 bridgehead atoms. The number of carbonyl (C=O) groups is 1. The molecule has 0 N–H and O–H groups in total. The summed E-state index contributed by atoms with van der Waals surface area (Å²) in [5.41, 5.74) is -0.402. The van der Waals surface area contributed by atoms with Crippen molar-refractivity contribution in [1.29, 1.82) is 0 Å². The van der Waals surface area contributed by atoms with Gasteiger partial charge >= 0.3 is 0 Å². The number of hydrogen-bond acceptors (Lipinski definition) is 3. The van der Waals surface area contributed by atoms with E-state index in [9.17, 15) is 4.79 Å². The van der Waals surface area contributed by atoms with E-state index in [1.165, 1.54) is 0 Å². The average molecular weight is 221 g/mol. The lowest BCUT2D eigenvalue weighted by Gasteiger charge is -2.31. The molecular formula is C12H15NOS. The molecule has 1 heterocycles. The van der Waals surface area contributed by atoms with Gasteiger partial charge in [0.2, 0.25) is 0 Å². The van der Waals surface area contributed by atoms with Crippen molar-refractivity contribution in [3.05, 3.63) is 22.4 Å². The quantitative estimate of drug-likeness (QED) is 0.706. The van der Waals surface area contributed by atoms with Gasteiger partial charge in [-0.1, -0.05) is 12.5 Å². The highest BCUT2D eigenvalue weighted by molar-refractivity contribution is 7.10. The zero-order valence-electron chi connectivity index (χ0n) is 8.90. The summed E-state index contributed by atoms with van der Waals surface area (Å²) in [5.74, 6) is 0.335. The van der Waals surface area contributed by atoms with Crippen LogP contribution in [0.4, 0.5) is 0 Å². The second kappa shape index (κ2) is 4.27. The summed E-state index contributed by atoms with van der Waals surface area (Å²) < 4.78 is 0. The zero-order chi connectivity index (χ0) is 10.7. The van der Waals surface area contributed by atoms with Gasteiger partial charge in [-0.15, -0.1) is 11.3 Å². The monoisotopic (exact) mass is 221 g/mol. The molecule has 2 rings (SSSR count). The third-order valence-corrected chi connectivity index (χ3v) is 4.08. The maximum Gasteiger partial charge on any atom is 0.149 e. The fourth-order valence-corrected chi connectivity index (χ4v) is 3.21. The van der Waals surface area contributed by atoms with Gasteiger partial charge in [0.15, 0.2) is 0 Å². The first-order valence-electron chi connectivity index (χ1n) is 5.30. The largest absolute Gasteiger partial charge is 0.299 e. The molecule has 1 saturated carbocycles. The minimum atomic E-state index is -0.402. The standard InChI is InChI=1S/C12H15NOS/c1-13-9-12(11-6-4-8-15-11)7-3-2-5-10(12)14/h4,6,8-9H,2-3,5,7H2,1H3/t12-/m1/s1. The van der Waals surface area contributed by atoms with Gasteiger partial charge in [0.25, 0.3) is 0 Å². The molecule has 3 heteroatoms. The first-order valence-corrected chi connectivity index (χ1v) is 6.18. The van der Waals surface area contributed by atoms with Gasteiger partial charge in [-0.25, -0.2) is 0 Å². The number of carbonyl (C=O) groups excluding carboxylic acids is 1. The molecule has 2 nitrogen and oxygen atoms in total. The molecule has 0 radical (unpaired) electrons. The topological polar surface area (TPSA) is 29.4 Å². The van der Waals surface area contributed by atoms with E-state index in [0.717, 1.165) is 24.1 Å². The van der Waals surface area contributed by atoms with Crippen LogP contribution in [0.1, 0.15) is 30.6 Å². The Balaban J connectivity index is 2.43. The van der Waals surface area contributed by atoms with Gasteiger partial charge in [-0.2, -0.15) is 0 Å². The van der Waals surface area contributed by atoms with Crippen LogP contribution in [0.25, 0.3) is 0 Å². The Morgan fingerprint density at radius 1 is 1.53 bits per heavy atom. The van der Waals surface area contributed by atoms with E-state index in [1.54, 1.807) is 18.4 Å². The van der Waals surface area contributed by atoms with Gasteiger partial charge in [0.05, 0.1) is 5.41 Å². The van der Waals surface area contributed by atoms with Gasteiger partial charge in [0, 0.05) is 24.6 Å². The van der Waals surface area contributed by atoms with E-state index in [2.05, 4.69) is 11.1 Å². The van der Waals surface area contributed by atoms with Crippen molar-refractivity contribution in [3.63, 3.8) is 0 Å². The molecule has 0 spiro atoms. The lowest BCUT2D eigenvalue weighted by molar-refractivity contribution is -0.123.